The molecule has 1 aromatic heterocycles. The number of halogens is 2. The van der Waals surface area contributed by atoms with Crippen LogP contribution >= 0.6 is 0 Å². The Balaban J connectivity index is 3.44. The van der Waals surface area contributed by atoms with E-state index in [1.807, 2.05) is 0 Å². The summed E-state index contributed by atoms with van der Waals surface area (Å²) in [6.45, 7) is 0. The van der Waals surface area contributed by atoms with Crippen molar-refractivity contribution >= 4 is 11.7 Å². The first-order valence-electron chi connectivity index (χ1n) is 3.82. The second kappa shape index (κ2) is 4.07. The Morgan fingerprint density at radius 3 is 2.67 bits per heavy atom. The van der Waals surface area contributed by atoms with Crippen LogP contribution in [-0.4, -0.2) is 23.2 Å². The molecular weight excluding hydrogens is 210 g/mol. The summed E-state index contributed by atoms with van der Waals surface area (Å²) in [4.78, 5) is 14.0. The summed E-state index contributed by atoms with van der Waals surface area (Å²) < 4.78 is 29.4. The number of carboxylic acid groups (broad SMARTS) is 1. The summed E-state index contributed by atoms with van der Waals surface area (Å²) >= 11 is 0. The zero-order valence-electron chi connectivity index (χ0n) is 7.70. The van der Waals surface area contributed by atoms with Crippen molar-refractivity contribution in [1.82, 2.24) is 4.98 Å². The highest BCUT2D eigenvalue weighted by molar-refractivity contribution is 5.96. The van der Waals surface area contributed by atoms with Gasteiger partial charge in [-0.05, 0) is 0 Å². The van der Waals surface area contributed by atoms with Crippen LogP contribution in [0.5, 0.6) is 5.75 Å². The van der Waals surface area contributed by atoms with E-state index in [9.17, 15) is 13.6 Å². The molecule has 82 valence electrons. The summed E-state index contributed by atoms with van der Waals surface area (Å²) in [6, 6.07) is 0. The van der Waals surface area contributed by atoms with Gasteiger partial charge in [-0.3, -0.25) is 4.98 Å². The maximum atomic E-state index is 12.4. The number of aromatic nitrogens is 1. The van der Waals surface area contributed by atoms with Crippen LogP contribution in [-0.2, 0) is 0 Å². The molecular formula is C8H8F2N2O3. The van der Waals surface area contributed by atoms with Crippen LogP contribution in [0.3, 0.4) is 0 Å². The largest absolute Gasteiger partial charge is 0.493 e. The maximum Gasteiger partial charge on any atom is 0.340 e. The predicted molar refractivity (Wildman–Crippen MR) is 47.1 cm³/mol. The van der Waals surface area contributed by atoms with Gasteiger partial charge in [0.05, 0.1) is 19.0 Å². The Morgan fingerprint density at radius 1 is 1.67 bits per heavy atom. The molecule has 1 heterocycles. The minimum absolute atomic E-state index is 0.0446. The summed E-state index contributed by atoms with van der Waals surface area (Å²) in [5, 5.41) is 8.71. The summed E-state index contributed by atoms with van der Waals surface area (Å²) in [7, 11) is 1.24. The lowest BCUT2D eigenvalue weighted by Crippen LogP contribution is -2.10. The molecule has 0 unspecified atom stereocenters. The number of carbonyl (C=O) groups is 1. The van der Waals surface area contributed by atoms with Crippen LogP contribution in [0, 0.1) is 0 Å². The van der Waals surface area contributed by atoms with Crippen molar-refractivity contribution < 1.29 is 23.4 Å². The standard InChI is InChI=1S/C8H8F2N2O3/c1-15-3-2-12-6(7(9)10)4(5(3)11)8(13)14/h2,7H,1H3,(H2,11,12)(H,13,14). The SMILES string of the molecule is COc1cnc(C(F)F)c(C(=O)O)c1N. The molecule has 0 saturated heterocycles. The maximum absolute atomic E-state index is 12.4. The third-order valence-electron chi connectivity index (χ3n) is 1.75. The molecule has 5 nitrogen and oxygen atoms in total. The lowest BCUT2D eigenvalue weighted by molar-refractivity contribution is 0.0683. The number of hydrogen-bond donors (Lipinski definition) is 2. The number of ether oxygens (including phenoxy) is 1. The Bertz CT molecular complexity index is 396. The molecule has 7 heteroatoms. The number of nitrogens with zero attached hydrogens (tertiary/aromatic N) is 1. The third kappa shape index (κ3) is 1.95. The molecule has 15 heavy (non-hydrogen) atoms. The lowest BCUT2D eigenvalue weighted by atomic mass is 10.1. The first-order chi connectivity index (χ1) is 6.99. The number of hydrogen-bond acceptors (Lipinski definition) is 4. The molecule has 1 rings (SSSR count). The fraction of sp³-hybridized carbons (Fsp3) is 0.250. The van der Waals surface area contributed by atoms with Gasteiger partial charge < -0.3 is 15.6 Å². The van der Waals surface area contributed by atoms with Gasteiger partial charge >= 0.3 is 5.97 Å². The fourth-order valence-corrected chi connectivity index (χ4v) is 1.08. The van der Waals surface area contributed by atoms with Crippen LogP contribution in [0.4, 0.5) is 14.5 Å². The number of anilines is 1. The number of rotatable bonds is 3. The highest BCUT2D eigenvalue weighted by Crippen LogP contribution is 2.31. The zero-order valence-corrected chi connectivity index (χ0v) is 7.70. The van der Waals surface area contributed by atoms with Gasteiger partial charge in [0.25, 0.3) is 6.43 Å². The van der Waals surface area contributed by atoms with Gasteiger partial charge in [0, 0.05) is 0 Å². The van der Waals surface area contributed by atoms with E-state index in [-0.39, 0.29) is 11.4 Å². The van der Waals surface area contributed by atoms with E-state index in [1.165, 1.54) is 7.11 Å². The molecule has 0 aliphatic carbocycles. The fourth-order valence-electron chi connectivity index (χ4n) is 1.08. The Kier molecular flexibility index (Phi) is 3.03. The van der Waals surface area contributed by atoms with Gasteiger partial charge in [0.15, 0.2) is 5.75 Å². The van der Waals surface area contributed by atoms with Crippen molar-refractivity contribution in [3.8, 4) is 5.75 Å². The molecule has 0 aliphatic rings. The van der Waals surface area contributed by atoms with Crippen molar-refractivity contribution in [2.24, 2.45) is 0 Å². The number of aromatic carboxylic acids is 1. The second-order valence-corrected chi connectivity index (χ2v) is 2.61. The smallest absolute Gasteiger partial charge is 0.340 e. The highest BCUT2D eigenvalue weighted by atomic mass is 19.3. The molecule has 0 spiro atoms. The van der Waals surface area contributed by atoms with Crippen molar-refractivity contribution in [3.63, 3.8) is 0 Å². The number of nitrogens with two attached hydrogens (primary N) is 1. The minimum Gasteiger partial charge on any atom is -0.493 e. The number of methoxy groups -OCH3 is 1. The molecule has 0 radical (unpaired) electrons. The number of pyridine rings is 1. The van der Waals surface area contributed by atoms with E-state index >= 15 is 0 Å². The third-order valence-corrected chi connectivity index (χ3v) is 1.75. The quantitative estimate of drug-likeness (QED) is 0.798. The normalized spacial score (nSPS) is 10.4. The first-order valence-corrected chi connectivity index (χ1v) is 3.82. The summed E-state index contributed by atoms with van der Waals surface area (Å²) in [5.74, 6) is -1.61. The second-order valence-electron chi connectivity index (χ2n) is 2.61. The average molecular weight is 218 g/mol. The average Bonchev–Trinajstić information content (AvgIpc) is 2.16. The van der Waals surface area contributed by atoms with Crippen LogP contribution < -0.4 is 10.5 Å². The van der Waals surface area contributed by atoms with E-state index < -0.39 is 23.7 Å². The van der Waals surface area contributed by atoms with Crippen LogP contribution in [0.2, 0.25) is 0 Å². The predicted octanol–water partition coefficient (Wildman–Crippen LogP) is 1.31. The van der Waals surface area contributed by atoms with Gasteiger partial charge in [-0.2, -0.15) is 0 Å². The van der Waals surface area contributed by atoms with Gasteiger partial charge in [-0.1, -0.05) is 0 Å². The van der Waals surface area contributed by atoms with Crippen molar-refractivity contribution in [1.29, 1.82) is 0 Å². The van der Waals surface area contributed by atoms with Crippen molar-refractivity contribution in [2.75, 3.05) is 12.8 Å². The van der Waals surface area contributed by atoms with E-state index in [2.05, 4.69) is 9.72 Å². The first kappa shape index (κ1) is 11.2. The van der Waals surface area contributed by atoms with E-state index in [4.69, 9.17) is 10.8 Å². The number of alkyl halides is 2. The number of carboxylic acids is 1. The van der Waals surface area contributed by atoms with Gasteiger partial charge in [0.1, 0.15) is 11.3 Å². The molecule has 0 aliphatic heterocycles. The minimum atomic E-state index is -3.00. The zero-order chi connectivity index (χ0) is 11.6. The van der Waals surface area contributed by atoms with Gasteiger partial charge in [0.2, 0.25) is 0 Å². The van der Waals surface area contributed by atoms with Crippen molar-refractivity contribution in [2.45, 2.75) is 6.43 Å². The van der Waals surface area contributed by atoms with E-state index in [1.54, 1.807) is 0 Å². The summed E-state index contributed by atoms with van der Waals surface area (Å²) in [5.41, 5.74) is 3.42. The molecule has 0 atom stereocenters. The Morgan fingerprint density at radius 2 is 2.27 bits per heavy atom. The molecule has 0 aromatic carbocycles. The monoisotopic (exact) mass is 218 g/mol. The topological polar surface area (TPSA) is 85.4 Å². The lowest BCUT2D eigenvalue weighted by Gasteiger charge is -2.10. The molecule has 0 saturated carbocycles. The van der Waals surface area contributed by atoms with Crippen LogP contribution in [0.15, 0.2) is 6.20 Å². The molecule has 0 bridgehead atoms. The van der Waals surface area contributed by atoms with Crippen molar-refractivity contribution in [3.05, 3.63) is 17.5 Å². The van der Waals surface area contributed by atoms with E-state index in [0.717, 1.165) is 6.20 Å². The molecule has 0 fully saturated rings. The van der Waals surface area contributed by atoms with Crippen LogP contribution in [0.1, 0.15) is 22.5 Å². The molecule has 1 aromatic rings. The molecule has 0 amide bonds. The Hall–Kier alpha value is -1.92. The van der Waals surface area contributed by atoms with Gasteiger partial charge in [-0.25, -0.2) is 13.6 Å². The van der Waals surface area contributed by atoms with Gasteiger partial charge in [-0.15, -0.1) is 0 Å². The number of nitrogen functional groups attached to an aromatic ring is 1. The Labute approximate surface area is 83.5 Å². The van der Waals surface area contributed by atoms with Crippen LogP contribution in [0.25, 0.3) is 0 Å². The highest BCUT2D eigenvalue weighted by Gasteiger charge is 2.24. The molecule has 3 N–H and O–H groups in total. The van der Waals surface area contributed by atoms with E-state index in [0.29, 0.717) is 0 Å². The summed E-state index contributed by atoms with van der Waals surface area (Å²) in [6.07, 6.45) is -2.03.